The fourth-order valence-electron chi connectivity index (χ4n) is 1.55. The van der Waals surface area contributed by atoms with Gasteiger partial charge < -0.3 is 15.6 Å². The van der Waals surface area contributed by atoms with Gasteiger partial charge in [-0.1, -0.05) is 20.8 Å². The Kier molecular flexibility index (Phi) is 5.34. The molecule has 1 aromatic rings. The molecule has 0 spiro atoms. The Morgan fingerprint density at radius 2 is 2.17 bits per heavy atom. The van der Waals surface area contributed by atoms with E-state index in [1.165, 1.54) is 0 Å². The molecule has 0 aliphatic carbocycles. The highest BCUT2D eigenvalue weighted by Crippen LogP contribution is 2.17. The molecular weight excluding hydrogens is 228 g/mol. The van der Waals surface area contributed by atoms with Crippen molar-refractivity contribution in [1.82, 2.24) is 14.9 Å². The number of nitrogens with zero attached hydrogens (tertiary/aromatic N) is 2. The first-order chi connectivity index (χ1) is 8.41. The Morgan fingerprint density at radius 3 is 2.72 bits per heavy atom. The lowest BCUT2D eigenvalue weighted by molar-refractivity contribution is -0.124. The van der Waals surface area contributed by atoms with Crippen LogP contribution < -0.4 is 11.1 Å². The van der Waals surface area contributed by atoms with Gasteiger partial charge in [-0.2, -0.15) is 0 Å². The van der Waals surface area contributed by atoms with Crippen LogP contribution in [0.25, 0.3) is 0 Å². The average Bonchev–Trinajstić information content (AvgIpc) is 2.79. The molecule has 1 rings (SSSR count). The topological polar surface area (TPSA) is 72.9 Å². The number of nitrogens with two attached hydrogens (primary N) is 1. The van der Waals surface area contributed by atoms with Crippen molar-refractivity contribution in [3.05, 3.63) is 18.7 Å². The number of imidazole rings is 1. The molecular formula is C13H24N4O. The van der Waals surface area contributed by atoms with Crippen LogP contribution in [0.2, 0.25) is 0 Å². The highest BCUT2D eigenvalue weighted by Gasteiger charge is 2.26. The predicted octanol–water partition coefficient (Wildman–Crippen LogP) is 1.15. The molecule has 0 saturated carbocycles. The lowest BCUT2D eigenvalue weighted by Crippen LogP contribution is -2.48. The van der Waals surface area contributed by atoms with Gasteiger partial charge >= 0.3 is 0 Å². The van der Waals surface area contributed by atoms with E-state index < -0.39 is 6.04 Å². The van der Waals surface area contributed by atoms with E-state index in [1.807, 2.05) is 31.5 Å². The second-order valence-electron chi connectivity index (χ2n) is 5.64. The Bertz CT molecular complexity index is 354. The minimum atomic E-state index is -0.453. The standard InChI is InChI=1S/C13H24N4O/c1-13(2,3)11(14)12(18)16-6-4-5-8-17-9-7-15-10-17/h7,9-11H,4-6,8,14H2,1-3H3,(H,16,18). The first-order valence-corrected chi connectivity index (χ1v) is 6.40. The molecule has 1 unspecified atom stereocenters. The van der Waals surface area contributed by atoms with E-state index in [0.717, 1.165) is 19.4 Å². The van der Waals surface area contributed by atoms with Gasteiger partial charge in [-0.25, -0.2) is 4.98 Å². The number of carbonyl (C=O) groups excluding carboxylic acids is 1. The van der Waals surface area contributed by atoms with Crippen molar-refractivity contribution in [2.24, 2.45) is 11.1 Å². The van der Waals surface area contributed by atoms with Crippen LogP contribution in [0.4, 0.5) is 0 Å². The Hall–Kier alpha value is -1.36. The molecule has 0 fully saturated rings. The average molecular weight is 252 g/mol. The Labute approximate surface area is 109 Å². The van der Waals surface area contributed by atoms with Crippen LogP contribution in [0.3, 0.4) is 0 Å². The fourth-order valence-corrected chi connectivity index (χ4v) is 1.55. The zero-order valence-electron chi connectivity index (χ0n) is 11.5. The third-order valence-corrected chi connectivity index (χ3v) is 2.92. The molecule has 102 valence electrons. The van der Waals surface area contributed by atoms with Crippen LogP contribution in [-0.2, 0) is 11.3 Å². The van der Waals surface area contributed by atoms with E-state index >= 15 is 0 Å². The van der Waals surface area contributed by atoms with Gasteiger partial charge in [0.05, 0.1) is 12.4 Å². The number of amides is 1. The molecule has 0 radical (unpaired) electrons. The monoisotopic (exact) mass is 252 g/mol. The Balaban J connectivity index is 2.12. The third-order valence-electron chi connectivity index (χ3n) is 2.92. The summed E-state index contributed by atoms with van der Waals surface area (Å²) in [6.07, 6.45) is 7.47. The lowest BCUT2D eigenvalue weighted by Gasteiger charge is -2.25. The zero-order chi connectivity index (χ0) is 13.6. The summed E-state index contributed by atoms with van der Waals surface area (Å²) in [5.74, 6) is -0.0647. The summed E-state index contributed by atoms with van der Waals surface area (Å²) in [5, 5.41) is 2.88. The number of aryl methyl sites for hydroxylation is 1. The van der Waals surface area contributed by atoms with Gasteiger partial charge in [-0.15, -0.1) is 0 Å². The van der Waals surface area contributed by atoms with E-state index in [4.69, 9.17) is 5.73 Å². The first kappa shape index (κ1) is 14.7. The molecule has 1 heterocycles. The molecule has 0 aliphatic heterocycles. The smallest absolute Gasteiger partial charge is 0.237 e. The minimum Gasteiger partial charge on any atom is -0.355 e. The van der Waals surface area contributed by atoms with Crippen molar-refractivity contribution < 1.29 is 4.79 Å². The van der Waals surface area contributed by atoms with Gasteiger partial charge in [0.2, 0.25) is 5.91 Å². The molecule has 0 saturated heterocycles. The highest BCUT2D eigenvalue weighted by atomic mass is 16.2. The van der Waals surface area contributed by atoms with Crippen molar-refractivity contribution >= 4 is 5.91 Å². The third kappa shape index (κ3) is 4.87. The zero-order valence-corrected chi connectivity index (χ0v) is 11.5. The molecule has 1 aromatic heterocycles. The van der Waals surface area contributed by atoms with Crippen molar-refractivity contribution in [1.29, 1.82) is 0 Å². The van der Waals surface area contributed by atoms with Crippen molar-refractivity contribution in [2.75, 3.05) is 6.54 Å². The van der Waals surface area contributed by atoms with E-state index in [2.05, 4.69) is 10.3 Å². The molecule has 0 bridgehead atoms. The summed E-state index contributed by atoms with van der Waals surface area (Å²) < 4.78 is 2.03. The molecule has 5 nitrogen and oxygen atoms in total. The van der Waals surface area contributed by atoms with Gasteiger partial charge in [-0.05, 0) is 18.3 Å². The SMILES string of the molecule is CC(C)(C)C(N)C(=O)NCCCCn1ccnc1. The second-order valence-corrected chi connectivity index (χ2v) is 5.64. The van der Waals surface area contributed by atoms with Crippen molar-refractivity contribution in [2.45, 2.75) is 46.2 Å². The quantitative estimate of drug-likeness (QED) is 0.746. The fraction of sp³-hybridized carbons (Fsp3) is 0.692. The molecule has 0 aliphatic rings. The van der Waals surface area contributed by atoms with E-state index in [9.17, 15) is 4.79 Å². The highest BCUT2D eigenvalue weighted by molar-refractivity contribution is 5.82. The Morgan fingerprint density at radius 1 is 1.44 bits per heavy atom. The van der Waals surface area contributed by atoms with E-state index in [1.54, 1.807) is 12.5 Å². The van der Waals surface area contributed by atoms with E-state index in [-0.39, 0.29) is 11.3 Å². The van der Waals surface area contributed by atoms with Crippen LogP contribution in [0.5, 0.6) is 0 Å². The van der Waals surface area contributed by atoms with Crippen molar-refractivity contribution in [3.8, 4) is 0 Å². The number of aromatic nitrogens is 2. The normalized spacial score (nSPS) is 13.3. The summed E-state index contributed by atoms with van der Waals surface area (Å²) >= 11 is 0. The van der Waals surface area contributed by atoms with Crippen LogP contribution in [-0.4, -0.2) is 28.0 Å². The van der Waals surface area contributed by atoms with E-state index in [0.29, 0.717) is 6.54 Å². The maximum Gasteiger partial charge on any atom is 0.237 e. The molecule has 1 atom stereocenters. The van der Waals surface area contributed by atoms with Crippen LogP contribution >= 0.6 is 0 Å². The maximum atomic E-state index is 11.7. The number of carbonyl (C=O) groups is 1. The molecule has 1 amide bonds. The number of hydrogen-bond acceptors (Lipinski definition) is 3. The largest absolute Gasteiger partial charge is 0.355 e. The van der Waals surface area contributed by atoms with Gasteiger partial charge in [0, 0.05) is 25.5 Å². The number of unbranched alkanes of at least 4 members (excludes halogenated alkanes) is 1. The summed E-state index contributed by atoms with van der Waals surface area (Å²) in [6, 6.07) is -0.453. The van der Waals surface area contributed by atoms with Gasteiger partial charge in [0.15, 0.2) is 0 Å². The second kappa shape index (κ2) is 6.54. The maximum absolute atomic E-state index is 11.7. The number of nitrogens with one attached hydrogen (secondary N) is 1. The molecule has 0 aromatic carbocycles. The minimum absolute atomic E-state index is 0.0647. The number of rotatable bonds is 6. The first-order valence-electron chi connectivity index (χ1n) is 6.40. The van der Waals surface area contributed by atoms with Gasteiger partial charge in [-0.3, -0.25) is 4.79 Å². The summed E-state index contributed by atoms with van der Waals surface area (Å²) in [7, 11) is 0. The van der Waals surface area contributed by atoms with Gasteiger partial charge in [0.25, 0.3) is 0 Å². The molecule has 5 heteroatoms. The summed E-state index contributed by atoms with van der Waals surface area (Å²) in [4.78, 5) is 15.7. The molecule has 18 heavy (non-hydrogen) atoms. The number of hydrogen-bond donors (Lipinski definition) is 2. The summed E-state index contributed by atoms with van der Waals surface area (Å²) in [5.41, 5.74) is 5.67. The van der Waals surface area contributed by atoms with Crippen molar-refractivity contribution in [3.63, 3.8) is 0 Å². The molecule has 3 N–H and O–H groups in total. The predicted molar refractivity (Wildman–Crippen MR) is 71.9 cm³/mol. The van der Waals surface area contributed by atoms with Gasteiger partial charge in [0.1, 0.15) is 0 Å². The summed E-state index contributed by atoms with van der Waals surface area (Å²) in [6.45, 7) is 7.52. The van der Waals surface area contributed by atoms with Crippen LogP contribution in [0.1, 0.15) is 33.6 Å². The lowest BCUT2D eigenvalue weighted by atomic mass is 9.87. The van der Waals surface area contributed by atoms with Crippen LogP contribution in [0, 0.1) is 5.41 Å². The van der Waals surface area contributed by atoms with Crippen LogP contribution in [0.15, 0.2) is 18.7 Å².